The number of rotatable bonds is 5. The van der Waals surface area contributed by atoms with Crippen LogP contribution < -0.4 is 5.73 Å². The van der Waals surface area contributed by atoms with Crippen molar-refractivity contribution in [3.8, 4) is 0 Å². The Morgan fingerprint density at radius 1 is 1.33 bits per heavy atom. The van der Waals surface area contributed by atoms with Gasteiger partial charge in [-0.15, -0.1) is 0 Å². The van der Waals surface area contributed by atoms with Crippen LogP contribution in [0.5, 0.6) is 0 Å². The molecule has 3 N–H and O–H groups in total. The van der Waals surface area contributed by atoms with Gasteiger partial charge in [-0.05, 0) is 5.56 Å². The van der Waals surface area contributed by atoms with E-state index in [2.05, 4.69) is 15.0 Å². The lowest BCUT2D eigenvalue weighted by molar-refractivity contribution is 0.0823. The van der Waals surface area contributed by atoms with E-state index in [4.69, 9.17) is 40.5 Å². The Bertz CT molecular complexity index is 986. The summed E-state index contributed by atoms with van der Waals surface area (Å²) < 4.78 is 14.7. The number of hydrogen-bond acceptors (Lipinski definition) is 5. The second-order valence-corrected chi connectivity index (χ2v) is 7.11. The molecule has 1 aromatic carbocycles. The molecule has 0 bridgehead atoms. The number of fused-ring (bicyclic) bond motifs is 1. The number of nitrogens with two attached hydrogens (primary N) is 1. The summed E-state index contributed by atoms with van der Waals surface area (Å²) in [6, 6.07) is 8.66. The highest BCUT2D eigenvalue weighted by Crippen LogP contribution is 2.40. The number of amides is 1. The molecular weight excluding hydrogens is 422 g/mol. The van der Waals surface area contributed by atoms with E-state index >= 15 is 0 Å². The first-order valence-electron chi connectivity index (χ1n) is 7.43. The number of anilines is 1. The Balaban J connectivity index is 2.18. The van der Waals surface area contributed by atoms with Gasteiger partial charge in [0, 0.05) is 0 Å². The summed E-state index contributed by atoms with van der Waals surface area (Å²) in [5, 5.41) is 7.67. The molecule has 12 heteroatoms. The number of imidazole rings is 1. The van der Waals surface area contributed by atoms with Crippen LogP contribution in [-0.2, 0) is 11.7 Å². The van der Waals surface area contributed by atoms with E-state index in [0.29, 0.717) is 5.56 Å². The highest BCUT2D eigenvalue weighted by Gasteiger charge is 2.47. The van der Waals surface area contributed by atoms with Crippen LogP contribution in [0.4, 0.5) is 15.0 Å². The lowest BCUT2D eigenvalue weighted by atomic mass is 10.2. The molecule has 0 aliphatic carbocycles. The topological polar surface area (TPSA) is 110 Å². The summed E-state index contributed by atoms with van der Waals surface area (Å²) in [5.74, 6) is -0.235. The zero-order valence-electron chi connectivity index (χ0n) is 13.4. The van der Waals surface area contributed by atoms with Gasteiger partial charge in [0.15, 0.2) is 21.8 Å². The molecule has 0 aliphatic rings. The van der Waals surface area contributed by atoms with Crippen LogP contribution in [0.3, 0.4) is 0 Å². The van der Waals surface area contributed by atoms with E-state index in [1.807, 2.05) is 0 Å². The third kappa shape index (κ3) is 3.45. The smallest absolute Gasteiger partial charge is 0.410 e. The fourth-order valence-corrected chi connectivity index (χ4v) is 3.26. The van der Waals surface area contributed by atoms with E-state index in [1.54, 1.807) is 30.3 Å². The summed E-state index contributed by atoms with van der Waals surface area (Å²) in [4.78, 5) is 22.3. The number of alkyl halides is 3. The van der Waals surface area contributed by atoms with Gasteiger partial charge in [-0.2, -0.15) is 14.4 Å². The number of nitrogen functional groups attached to an aromatic ring is 1. The van der Waals surface area contributed by atoms with Gasteiger partial charge < -0.3 is 10.8 Å². The van der Waals surface area contributed by atoms with Gasteiger partial charge in [0.1, 0.15) is 6.33 Å². The Morgan fingerprint density at radius 3 is 2.59 bits per heavy atom. The number of aromatic nitrogens is 4. The van der Waals surface area contributed by atoms with E-state index < -0.39 is 22.1 Å². The molecule has 1 atom stereocenters. The highest BCUT2D eigenvalue weighted by atomic mass is 35.5. The average Bonchev–Trinajstić information content (AvgIpc) is 3.04. The number of carbonyl (C=O) groups is 1. The molecule has 0 fully saturated rings. The molecule has 0 aliphatic heterocycles. The zero-order chi connectivity index (χ0) is 19.8. The molecular formula is C15H12Cl3FN6O2. The predicted octanol–water partition coefficient (Wildman–Crippen LogP) is 3.38. The molecule has 8 nitrogen and oxygen atoms in total. The van der Waals surface area contributed by atoms with Crippen molar-refractivity contribution in [2.45, 2.75) is 16.5 Å². The van der Waals surface area contributed by atoms with E-state index in [9.17, 15) is 14.3 Å². The van der Waals surface area contributed by atoms with Gasteiger partial charge in [0.2, 0.25) is 5.12 Å². The average molecular weight is 434 g/mol. The SMILES string of the molecule is Nc1nc(F)nc2c1ncn2C(Cl)(C(Cl)Cl)N(Cc1ccccc1)C(=O)O. The van der Waals surface area contributed by atoms with Crippen molar-refractivity contribution < 1.29 is 14.3 Å². The first-order chi connectivity index (χ1) is 12.7. The summed E-state index contributed by atoms with van der Waals surface area (Å²) >= 11 is 18.8. The van der Waals surface area contributed by atoms with Gasteiger partial charge in [0.05, 0.1) is 6.54 Å². The van der Waals surface area contributed by atoms with Crippen molar-refractivity contribution in [3.05, 3.63) is 48.3 Å². The normalized spacial score (nSPS) is 13.7. The lowest BCUT2D eigenvalue weighted by Gasteiger charge is -2.39. The predicted molar refractivity (Wildman–Crippen MR) is 99.0 cm³/mol. The van der Waals surface area contributed by atoms with Crippen molar-refractivity contribution >= 4 is 57.9 Å². The third-order valence-electron chi connectivity index (χ3n) is 3.80. The Kier molecular flexibility index (Phi) is 5.27. The van der Waals surface area contributed by atoms with E-state index in [0.717, 1.165) is 15.8 Å². The van der Waals surface area contributed by atoms with Crippen LogP contribution in [0.25, 0.3) is 11.2 Å². The summed E-state index contributed by atoms with van der Waals surface area (Å²) in [6.07, 6.45) is -1.42. The summed E-state index contributed by atoms with van der Waals surface area (Å²) in [5.41, 5.74) is 6.15. The van der Waals surface area contributed by atoms with Gasteiger partial charge in [-0.1, -0.05) is 65.1 Å². The number of carboxylic acid groups (broad SMARTS) is 1. The Labute approximate surface area is 167 Å². The maximum atomic E-state index is 13.7. The van der Waals surface area contributed by atoms with Crippen molar-refractivity contribution in [1.82, 2.24) is 24.4 Å². The number of benzene rings is 1. The minimum atomic E-state index is -2.09. The lowest BCUT2D eigenvalue weighted by Crippen LogP contribution is -2.52. The van der Waals surface area contributed by atoms with Crippen LogP contribution in [0.1, 0.15) is 5.56 Å². The molecule has 0 spiro atoms. The molecule has 1 unspecified atom stereocenters. The van der Waals surface area contributed by atoms with Gasteiger partial charge in [0.25, 0.3) is 0 Å². The van der Waals surface area contributed by atoms with Crippen LogP contribution >= 0.6 is 34.8 Å². The zero-order valence-corrected chi connectivity index (χ0v) is 15.7. The Hall–Kier alpha value is -2.36. The molecule has 2 aromatic heterocycles. The van der Waals surface area contributed by atoms with Crippen LogP contribution in [0.2, 0.25) is 0 Å². The molecule has 0 radical (unpaired) electrons. The molecule has 3 rings (SSSR count). The minimum Gasteiger partial charge on any atom is -0.465 e. The second kappa shape index (κ2) is 7.34. The van der Waals surface area contributed by atoms with Crippen LogP contribution in [-0.4, -0.2) is 40.5 Å². The molecule has 0 saturated heterocycles. The van der Waals surface area contributed by atoms with Crippen LogP contribution in [0, 0.1) is 6.08 Å². The fourth-order valence-electron chi connectivity index (χ4n) is 2.56. The van der Waals surface area contributed by atoms with Crippen molar-refractivity contribution in [2.24, 2.45) is 0 Å². The van der Waals surface area contributed by atoms with Crippen molar-refractivity contribution in [2.75, 3.05) is 5.73 Å². The first-order valence-corrected chi connectivity index (χ1v) is 8.68. The molecule has 2 heterocycles. The monoisotopic (exact) mass is 432 g/mol. The number of halogens is 4. The number of nitrogens with zero attached hydrogens (tertiary/aromatic N) is 5. The molecule has 1 amide bonds. The standard InChI is InChI=1S/C15H12Cl3FN6O2/c16-12(17)15(18,24(14(26)27)6-8-4-2-1-3-5-8)25-7-21-9-10(20)22-13(19)23-11(9)25/h1-5,7,12H,6H2,(H,26,27)(H2,20,22,23). The molecule has 142 valence electrons. The summed E-state index contributed by atoms with van der Waals surface area (Å²) in [7, 11) is 0. The van der Waals surface area contributed by atoms with Gasteiger partial charge in [-0.3, -0.25) is 9.47 Å². The summed E-state index contributed by atoms with van der Waals surface area (Å²) in [6.45, 7) is -0.154. The van der Waals surface area contributed by atoms with Gasteiger partial charge in [-0.25, -0.2) is 9.78 Å². The van der Waals surface area contributed by atoms with Crippen molar-refractivity contribution in [1.29, 1.82) is 0 Å². The largest absolute Gasteiger partial charge is 0.465 e. The van der Waals surface area contributed by atoms with Crippen LogP contribution in [0.15, 0.2) is 36.7 Å². The highest BCUT2D eigenvalue weighted by molar-refractivity contribution is 6.49. The molecule has 27 heavy (non-hydrogen) atoms. The van der Waals surface area contributed by atoms with Gasteiger partial charge >= 0.3 is 12.2 Å². The number of hydrogen-bond donors (Lipinski definition) is 2. The van der Waals surface area contributed by atoms with E-state index in [1.165, 1.54) is 0 Å². The fraction of sp³-hybridized carbons (Fsp3) is 0.200. The third-order valence-corrected chi connectivity index (χ3v) is 5.24. The Morgan fingerprint density at radius 2 is 2.00 bits per heavy atom. The molecule has 0 saturated carbocycles. The maximum Gasteiger partial charge on any atom is 0.410 e. The van der Waals surface area contributed by atoms with Crippen molar-refractivity contribution in [3.63, 3.8) is 0 Å². The quantitative estimate of drug-likeness (QED) is 0.362. The molecule has 3 aromatic rings. The minimum absolute atomic E-state index is 0.0282. The maximum absolute atomic E-state index is 13.7. The first kappa shape index (κ1) is 19.4. The van der Waals surface area contributed by atoms with E-state index in [-0.39, 0.29) is 23.5 Å². The second-order valence-electron chi connectivity index (χ2n) is 5.46.